The molecule has 0 amide bonds. The number of rotatable bonds is 5. The third kappa shape index (κ3) is 4.38. The van der Waals surface area contributed by atoms with Gasteiger partial charge in [0.1, 0.15) is 0 Å². The number of benzene rings is 1. The summed E-state index contributed by atoms with van der Waals surface area (Å²) in [4.78, 5) is 4.89. The van der Waals surface area contributed by atoms with Crippen LogP contribution in [0.5, 0.6) is 0 Å². The van der Waals surface area contributed by atoms with Gasteiger partial charge in [-0.15, -0.1) is 11.3 Å². The van der Waals surface area contributed by atoms with Crippen molar-refractivity contribution in [3.63, 3.8) is 0 Å². The Morgan fingerprint density at radius 1 is 1.17 bits per heavy atom. The number of thioether (sulfide) groups is 1. The average molecular weight is 545 g/mol. The monoisotopic (exact) mass is 544 g/mol. The summed E-state index contributed by atoms with van der Waals surface area (Å²) in [5.74, 6) is 5.47. The number of aromatic nitrogens is 1. The first-order valence-electron chi connectivity index (χ1n) is 13.6. The van der Waals surface area contributed by atoms with E-state index >= 15 is 0 Å². The number of allylic oxidation sites excluding steroid dienone is 1. The van der Waals surface area contributed by atoms with E-state index in [0.717, 1.165) is 52.5 Å². The van der Waals surface area contributed by atoms with E-state index in [1.54, 1.807) is 5.57 Å². The van der Waals surface area contributed by atoms with E-state index in [0.29, 0.717) is 16.9 Å². The molecule has 0 N–H and O–H groups in total. The first-order chi connectivity index (χ1) is 16.9. The molecule has 6 heteroatoms. The van der Waals surface area contributed by atoms with Crippen molar-refractivity contribution in [3.05, 3.63) is 35.9 Å². The molecule has 8 atom stereocenters. The van der Waals surface area contributed by atoms with Crippen LogP contribution in [0.25, 0.3) is 10.2 Å². The van der Waals surface area contributed by atoms with Gasteiger partial charge in [-0.3, -0.25) is 0 Å². The SMILES string of the molecule is C[C@H](CSc1nc2ccccc2s1)[C@H]1CC[C@H]2[C@@H]3CC=C4C[C@@H](O[SH-]#P)CC[C@]4(C)[C@H]3CC[C@]12C. The molecule has 0 spiro atoms. The molecular weight excluding hydrogens is 506 g/mol. The van der Waals surface area contributed by atoms with Crippen LogP contribution in [0.3, 0.4) is 0 Å². The van der Waals surface area contributed by atoms with Crippen LogP contribution in [0.4, 0.5) is 0 Å². The number of hydrogen-bond donors (Lipinski definition) is 0. The molecule has 4 aliphatic rings. The zero-order chi connectivity index (χ0) is 24.2. The summed E-state index contributed by atoms with van der Waals surface area (Å²) in [6, 6.07) is 8.56. The number of thiazole rings is 1. The minimum atomic E-state index is 0.378. The fraction of sp³-hybridized carbons (Fsp3) is 0.690. The molecule has 190 valence electrons. The van der Waals surface area contributed by atoms with Crippen LogP contribution in [0.2, 0.25) is 0 Å². The number of thiol groups is 1. The van der Waals surface area contributed by atoms with E-state index in [4.69, 9.17) is 9.17 Å². The first-order valence-corrected chi connectivity index (χ1v) is 17.4. The zero-order valence-corrected chi connectivity index (χ0v) is 24.7. The molecule has 1 aromatic heterocycles. The summed E-state index contributed by atoms with van der Waals surface area (Å²) in [6.45, 7) is 7.83. The topological polar surface area (TPSA) is 22.1 Å². The maximum atomic E-state index is 5.90. The van der Waals surface area contributed by atoms with Crippen molar-refractivity contribution in [3.8, 4) is 0 Å². The van der Waals surface area contributed by atoms with Crippen LogP contribution in [-0.4, -0.2) is 16.8 Å². The molecular formula is C29H39NOPS3-. The number of hydrogen-bond acceptors (Lipinski definition) is 5. The van der Waals surface area contributed by atoms with Crippen molar-refractivity contribution in [1.82, 2.24) is 4.98 Å². The van der Waals surface area contributed by atoms with E-state index in [2.05, 4.69) is 58.9 Å². The van der Waals surface area contributed by atoms with E-state index in [-0.39, 0.29) is 0 Å². The van der Waals surface area contributed by atoms with Crippen LogP contribution >= 0.6 is 30.9 Å². The van der Waals surface area contributed by atoms with Crippen LogP contribution in [0.15, 0.2) is 40.3 Å². The van der Waals surface area contributed by atoms with Crippen molar-refractivity contribution in [2.75, 3.05) is 5.75 Å². The van der Waals surface area contributed by atoms with Gasteiger partial charge in [-0.05, 0) is 12.1 Å². The molecule has 2 aromatic rings. The van der Waals surface area contributed by atoms with E-state index < -0.39 is 0 Å². The molecule has 35 heavy (non-hydrogen) atoms. The zero-order valence-electron chi connectivity index (χ0n) is 21.3. The second-order valence-electron chi connectivity index (χ2n) is 12.3. The molecule has 3 saturated carbocycles. The number of para-hydroxylation sites is 1. The molecule has 1 heterocycles. The van der Waals surface area contributed by atoms with E-state index in [9.17, 15) is 0 Å². The third-order valence-electron chi connectivity index (χ3n) is 10.8. The van der Waals surface area contributed by atoms with Crippen LogP contribution < -0.4 is 0 Å². The molecule has 6 rings (SSSR count). The molecule has 0 aliphatic heterocycles. The normalized spacial score (nSPS) is 39.5. The predicted octanol–water partition coefficient (Wildman–Crippen LogP) is 9.04. The fourth-order valence-electron chi connectivity index (χ4n) is 8.99. The van der Waals surface area contributed by atoms with Gasteiger partial charge in [0.25, 0.3) is 0 Å². The van der Waals surface area contributed by atoms with Crippen LogP contribution in [0, 0.1) is 40.4 Å². The Morgan fingerprint density at radius 2 is 2.03 bits per heavy atom. The molecule has 3 fully saturated rings. The summed E-state index contributed by atoms with van der Waals surface area (Å²) in [5, 5.41) is 0. The molecule has 0 bridgehead atoms. The molecule has 0 unspecified atom stereocenters. The Bertz CT molecular complexity index is 1140. The molecule has 0 radical (unpaired) electrons. The maximum absolute atomic E-state index is 5.90. The Balaban J connectivity index is 1.15. The average Bonchev–Trinajstić information content (AvgIpc) is 3.43. The van der Waals surface area contributed by atoms with Gasteiger partial charge in [0, 0.05) is 5.75 Å². The molecule has 4 aliphatic carbocycles. The summed E-state index contributed by atoms with van der Waals surface area (Å²) in [6.07, 6.45) is 13.7. The van der Waals surface area contributed by atoms with Gasteiger partial charge in [0.2, 0.25) is 0 Å². The van der Waals surface area contributed by atoms with Gasteiger partial charge in [0.15, 0.2) is 4.34 Å². The van der Waals surface area contributed by atoms with Gasteiger partial charge >= 0.3 is 146 Å². The van der Waals surface area contributed by atoms with Crippen LogP contribution in [-0.2, 0) is 15.2 Å². The van der Waals surface area contributed by atoms with E-state index in [1.165, 1.54) is 59.7 Å². The summed E-state index contributed by atoms with van der Waals surface area (Å²) < 4.78 is 8.46. The third-order valence-corrected chi connectivity index (χ3v) is 13.9. The Hall–Kier alpha value is -0.0600. The van der Waals surface area contributed by atoms with Crippen LogP contribution in [0.1, 0.15) is 72.1 Å². The quantitative estimate of drug-likeness (QED) is 0.123. The second kappa shape index (κ2) is 9.92. The standard InChI is InChI=1S/C29H39NOPS3/c1-18(17-33-27-30-25-6-4-5-7-26(25)34-27)22-10-11-23-21-9-8-19-16-20(31-35-32)12-14-28(19,2)24(21)13-15-29(22,23)3/h4-8,18,20-24,35H,9-17H2,1-3H3/q-1/t18-,20+,21+,22-,23+,24+,28+,29-/m1/s1. The predicted molar refractivity (Wildman–Crippen MR) is 155 cm³/mol. The number of fused-ring (bicyclic) bond motifs is 6. The van der Waals surface area contributed by atoms with Gasteiger partial charge < -0.3 is 0 Å². The second-order valence-corrected chi connectivity index (χ2v) is 15.4. The summed E-state index contributed by atoms with van der Waals surface area (Å²) in [5.41, 5.74) is 3.79. The first kappa shape index (κ1) is 25.2. The van der Waals surface area contributed by atoms with Gasteiger partial charge in [-0.1, -0.05) is 30.8 Å². The van der Waals surface area contributed by atoms with Crippen molar-refractivity contribution >= 4 is 52.1 Å². The Kier molecular flexibility index (Phi) is 7.15. The molecule has 2 nitrogen and oxygen atoms in total. The van der Waals surface area contributed by atoms with Crippen molar-refractivity contribution in [2.24, 2.45) is 40.4 Å². The molecule has 1 aromatic carbocycles. The van der Waals surface area contributed by atoms with Crippen molar-refractivity contribution in [2.45, 2.75) is 82.6 Å². The fourth-order valence-corrected chi connectivity index (χ4v) is 11.9. The Morgan fingerprint density at radius 3 is 2.86 bits per heavy atom. The summed E-state index contributed by atoms with van der Waals surface area (Å²) >= 11 is 4.65. The van der Waals surface area contributed by atoms with Crippen molar-refractivity contribution in [1.29, 1.82) is 0 Å². The number of nitrogens with zero attached hydrogens (tertiary/aromatic N) is 1. The Labute approximate surface area is 225 Å². The van der Waals surface area contributed by atoms with Gasteiger partial charge in [-0.25, -0.2) is 4.98 Å². The minimum absolute atomic E-state index is 0.378. The van der Waals surface area contributed by atoms with Gasteiger partial charge in [-0.2, -0.15) is 0 Å². The summed E-state index contributed by atoms with van der Waals surface area (Å²) in [7, 11) is 4.29. The van der Waals surface area contributed by atoms with E-state index in [1.807, 2.05) is 23.1 Å². The van der Waals surface area contributed by atoms with Crippen molar-refractivity contribution < 1.29 is 4.18 Å². The van der Waals surface area contributed by atoms with Gasteiger partial charge in [0.05, 0.1) is 10.2 Å². The molecule has 0 saturated heterocycles.